The summed E-state index contributed by atoms with van der Waals surface area (Å²) in [6.45, 7) is 1.39. The third kappa shape index (κ3) is 3.91. The molecule has 0 aliphatic heterocycles. The Labute approximate surface area is 114 Å². The Kier molecular flexibility index (Phi) is 5.40. The van der Waals surface area contributed by atoms with Crippen molar-refractivity contribution in [2.75, 3.05) is 13.7 Å². The number of nitro groups is 1. The predicted octanol–water partition coefficient (Wildman–Crippen LogP) is 1.87. The van der Waals surface area contributed by atoms with Gasteiger partial charge in [0.1, 0.15) is 6.61 Å². The quantitative estimate of drug-likeness (QED) is 0.353. The number of benzene rings is 1. The van der Waals surface area contributed by atoms with Crippen molar-refractivity contribution >= 4 is 17.6 Å². The number of ether oxygens (including phenoxy) is 2. The van der Waals surface area contributed by atoms with Gasteiger partial charge in [0.2, 0.25) is 0 Å². The Morgan fingerprint density at radius 1 is 1.30 bits per heavy atom. The molecule has 20 heavy (non-hydrogen) atoms. The summed E-state index contributed by atoms with van der Waals surface area (Å²) < 4.78 is 9.44. The number of rotatable bonds is 5. The first kappa shape index (κ1) is 15.4. The average molecular weight is 279 g/mol. The maximum absolute atomic E-state index is 11.7. The zero-order valence-corrected chi connectivity index (χ0v) is 11.0. The Morgan fingerprint density at radius 2 is 1.90 bits per heavy atom. The fourth-order valence-electron chi connectivity index (χ4n) is 1.34. The second-order valence-corrected chi connectivity index (χ2v) is 3.69. The molecule has 0 atom stereocenters. The van der Waals surface area contributed by atoms with Crippen LogP contribution in [0.15, 0.2) is 35.9 Å². The van der Waals surface area contributed by atoms with Gasteiger partial charge >= 0.3 is 11.9 Å². The van der Waals surface area contributed by atoms with Gasteiger partial charge in [-0.2, -0.15) is 0 Å². The van der Waals surface area contributed by atoms with Crippen LogP contribution in [-0.2, 0) is 14.3 Å². The molecular formula is C13H13NO6. The van der Waals surface area contributed by atoms with Crippen molar-refractivity contribution in [1.82, 2.24) is 0 Å². The second-order valence-electron chi connectivity index (χ2n) is 3.69. The van der Waals surface area contributed by atoms with Crippen LogP contribution in [0.4, 0.5) is 5.69 Å². The maximum Gasteiger partial charge on any atom is 0.338 e. The molecule has 0 amide bonds. The highest BCUT2D eigenvalue weighted by Gasteiger charge is 2.14. The highest BCUT2D eigenvalue weighted by Crippen LogP contribution is 2.13. The van der Waals surface area contributed by atoms with Crippen LogP contribution in [0.1, 0.15) is 17.3 Å². The molecule has 0 aliphatic rings. The summed E-state index contributed by atoms with van der Waals surface area (Å²) >= 11 is 0. The van der Waals surface area contributed by atoms with E-state index in [1.165, 1.54) is 37.5 Å². The van der Waals surface area contributed by atoms with E-state index in [-0.39, 0.29) is 23.4 Å². The minimum absolute atomic E-state index is 0.120. The lowest BCUT2D eigenvalue weighted by atomic mass is 10.2. The summed E-state index contributed by atoms with van der Waals surface area (Å²) in [6.07, 6.45) is 1.48. The minimum Gasteiger partial charge on any atom is -0.466 e. The summed E-state index contributed by atoms with van der Waals surface area (Å²) in [6, 6.07) is 4.98. The van der Waals surface area contributed by atoms with E-state index in [9.17, 15) is 19.7 Å². The van der Waals surface area contributed by atoms with Crippen LogP contribution in [0.25, 0.3) is 0 Å². The number of allylic oxidation sites excluding steroid dienone is 1. The van der Waals surface area contributed by atoms with E-state index in [2.05, 4.69) is 4.74 Å². The summed E-state index contributed by atoms with van der Waals surface area (Å²) in [4.78, 5) is 32.8. The zero-order valence-electron chi connectivity index (χ0n) is 11.0. The van der Waals surface area contributed by atoms with E-state index >= 15 is 0 Å². The van der Waals surface area contributed by atoms with Crippen molar-refractivity contribution < 1.29 is 24.0 Å². The molecule has 0 unspecified atom stereocenters. The molecule has 0 heterocycles. The molecule has 0 saturated carbocycles. The number of methoxy groups -OCH3 is 1. The Hall–Kier alpha value is -2.70. The number of nitro benzene ring substituents is 1. The Morgan fingerprint density at radius 3 is 2.35 bits per heavy atom. The van der Waals surface area contributed by atoms with Gasteiger partial charge in [-0.15, -0.1) is 0 Å². The summed E-state index contributed by atoms with van der Waals surface area (Å²) in [7, 11) is 1.23. The van der Waals surface area contributed by atoms with E-state index < -0.39 is 16.9 Å². The van der Waals surface area contributed by atoms with Crippen LogP contribution in [0, 0.1) is 10.1 Å². The second kappa shape index (κ2) is 7.03. The summed E-state index contributed by atoms with van der Waals surface area (Å²) in [5.41, 5.74) is 0.254. The molecule has 0 aliphatic carbocycles. The van der Waals surface area contributed by atoms with Gasteiger partial charge in [0.25, 0.3) is 5.69 Å². The van der Waals surface area contributed by atoms with Crippen molar-refractivity contribution in [3.8, 4) is 0 Å². The van der Waals surface area contributed by atoms with Crippen molar-refractivity contribution in [1.29, 1.82) is 0 Å². The molecule has 0 bridgehead atoms. The highest BCUT2D eigenvalue weighted by atomic mass is 16.6. The Bertz CT molecular complexity index is 546. The molecule has 1 aromatic rings. The number of hydrogen-bond acceptors (Lipinski definition) is 6. The smallest absolute Gasteiger partial charge is 0.338 e. The van der Waals surface area contributed by atoms with Gasteiger partial charge in [-0.1, -0.05) is 6.08 Å². The molecule has 0 aromatic heterocycles. The predicted molar refractivity (Wildman–Crippen MR) is 69.2 cm³/mol. The largest absolute Gasteiger partial charge is 0.466 e. The van der Waals surface area contributed by atoms with Crippen LogP contribution < -0.4 is 0 Å². The lowest BCUT2D eigenvalue weighted by Gasteiger charge is -2.06. The van der Waals surface area contributed by atoms with Crippen LogP contribution in [0.5, 0.6) is 0 Å². The number of carbonyl (C=O) groups excluding carboxylic acids is 2. The fraction of sp³-hybridized carbons (Fsp3) is 0.231. The van der Waals surface area contributed by atoms with Gasteiger partial charge in [-0.3, -0.25) is 10.1 Å². The first-order chi connectivity index (χ1) is 9.49. The SMILES string of the molecule is C/C=C(\COC(=O)c1ccc([N+](=O)[O-])cc1)C(=O)OC. The van der Waals surface area contributed by atoms with E-state index in [0.717, 1.165) is 0 Å². The first-order valence-electron chi connectivity index (χ1n) is 5.64. The van der Waals surface area contributed by atoms with Gasteiger partial charge in [0.05, 0.1) is 23.2 Å². The molecule has 7 heteroatoms. The molecule has 0 fully saturated rings. The van der Waals surface area contributed by atoms with E-state index in [4.69, 9.17) is 4.74 Å². The minimum atomic E-state index is -0.678. The van der Waals surface area contributed by atoms with Gasteiger partial charge in [-0.05, 0) is 19.1 Å². The van der Waals surface area contributed by atoms with Crippen LogP contribution in [0.3, 0.4) is 0 Å². The number of esters is 2. The van der Waals surface area contributed by atoms with E-state index in [0.29, 0.717) is 0 Å². The van der Waals surface area contributed by atoms with Crippen molar-refractivity contribution in [3.63, 3.8) is 0 Å². The number of hydrogen-bond donors (Lipinski definition) is 0. The zero-order chi connectivity index (χ0) is 15.1. The molecule has 7 nitrogen and oxygen atoms in total. The number of nitrogens with zero attached hydrogens (tertiary/aromatic N) is 1. The topological polar surface area (TPSA) is 95.7 Å². The lowest BCUT2D eigenvalue weighted by molar-refractivity contribution is -0.384. The standard InChI is InChI=1S/C13H13NO6/c1-3-9(12(15)19-2)8-20-13(16)10-4-6-11(7-5-10)14(17)18/h3-7H,8H2,1-2H3/b9-3+. The van der Waals surface area contributed by atoms with Gasteiger partial charge < -0.3 is 9.47 Å². The van der Waals surface area contributed by atoms with Gasteiger partial charge in [0, 0.05) is 12.1 Å². The molecule has 0 saturated heterocycles. The van der Waals surface area contributed by atoms with Crippen molar-refractivity contribution in [2.45, 2.75) is 6.92 Å². The lowest BCUT2D eigenvalue weighted by Crippen LogP contribution is -2.14. The van der Waals surface area contributed by atoms with E-state index in [1.54, 1.807) is 6.92 Å². The third-order valence-electron chi connectivity index (χ3n) is 2.47. The van der Waals surface area contributed by atoms with Gasteiger partial charge in [0.15, 0.2) is 0 Å². The molecule has 0 spiro atoms. The van der Waals surface area contributed by atoms with Gasteiger partial charge in [-0.25, -0.2) is 9.59 Å². The highest BCUT2D eigenvalue weighted by molar-refractivity contribution is 5.92. The third-order valence-corrected chi connectivity index (χ3v) is 2.47. The first-order valence-corrected chi connectivity index (χ1v) is 5.64. The fourth-order valence-corrected chi connectivity index (χ4v) is 1.34. The molecule has 0 radical (unpaired) electrons. The molecule has 1 aromatic carbocycles. The monoisotopic (exact) mass is 279 g/mol. The summed E-state index contributed by atoms with van der Waals surface area (Å²) in [5.74, 6) is -1.26. The molecular weight excluding hydrogens is 266 g/mol. The molecule has 0 N–H and O–H groups in total. The van der Waals surface area contributed by atoms with Crippen LogP contribution in [-0.4, -0.2) is 30.6 Å². The number of carbonyl (C=O) groups is 2. The molecule has 106 valence electrons. The normalized spacial score (nSPS) is 10.8. The molecule has 1 rings (SSSR count). The summed E-state index contributed by atoms with van der Waals surface area (Å²) in [5, 5.41) is 10.5. The average Bonchev–Trinajstić information content (AvgIpc) is 2.47. The van der Waals surface area contributed by atoms with Crippen LogP contribution >= 0.6 is 0 Å². The maximum atomic E-state index is 11.7. The van der Waals surface area contributed by atoms with Crippen LogP contribution in [0.2, 0.25) is 0 Å². The van der Waals surface area contributed by atoms with E-state index in [1.807, 2.05) is 0 Å². The van der Waals surface area contributed by atoms with Crippen molar-refractivity contribution in [3.05, 3.63) is 51.6 Å². The Balaban J connectivity index is 2.67. The van der Waals surface area contributed by atoms with Crippen molar-refractivity contribution in [2.24, 2.45) is 0 Å². The number of non-ortho nitro benzene ring substituents is 1.